The molecule has 0 aliphatic heterocycles. The van der Waals surface area contributed by atoms with E-state index in [-0.39, 0.29) is 5.91 Å². The number of carbonyl (C=O) groups excluding carboxylic acids is 1. The van der Waals surface area contributed by atoms with Crippen molar-refractivity contribution in [3.63, 3.8) is 0 Å². The van der Waals surface area contributed by atoms with E-state index in [0.29, 0.717) is 38.2 Å². The topological polar surface area (TPSA) is 74.3 Å². The van der Waals surface area contributed by atoms with Crippen LogP contribution in [0.25, 0.3) is 11.0 Å². The summed E-state index contributed by atoms with van der Waals surface area (Å²) in [7, 11) is 0. The zero-order valence-corrected chi connectivity index (χ0v) is 19.9. The lowest BCUT2D eigenvalue weighted by atomic mass is 10.1. The average Bonchev–Trinajstić information content (AvgIpc) is 3.18. The number of imidazole rings is 1. The SMILES string of the molecule is CCOc1ccc(Cc2nc3cc(C(=O)N(CC)CC)ccc3n2Cc2cc[n+]([O-])cc2)cc1. The number of nitrogens with zero attached hydrogens (tertiary/aromatic N) is 4. The van der Waals surface area contributed by atoms with Crippen LogP contribution < -0.4 is 9.47 Å². The van der Waals surface area contributed by atoms with Gasteiger partial charge in [0.05, 0.1) is 17.6 Å². The summed E-state index contributed by atoms with van der Waals surface area (Å²) >= 11 is 0. The Morgan fingerprint density at radius 1 is 1.00 bits per heavy atom. The van der Waals surface area contributed by atoms with Crippen LogP contribution in [0.5, 0.6) is 5.75 Å². The number of rotatable bonds is 9. The second-order valence-electron chi connectivity index (χ2n) is 8.12. The largest absolute Gasteiger partial charge is 0.619 e. The normalized spacial score (nSPS) is 11.0. The smallest absolute Gasteiger partial charge is 0.253 e. The molecule has 0 aliphatic rings. The highest BCUT2D eigenvalue weighted by atomic mass is 16.5. The van der Waals surface area contributed by atoms with Crippen LogP contribution in [0.2, 0.25) is 0 Å². The molecule has 2 aromatic heterocycles. The van der Waals surface area contributed by atoms with Crippen LogP contribution in [0.4, 0.5) is 0 Å². The molecule has 7 nitrogen and oxygen atoms in total. The summed E-state index contributed by atoms with van der Waals surface area (Å²) in [5.74, 6) is 1.75. The van der Waals surface area contributed by atoms with Gasteiger partial charge in [0.1, 0.15) is 11.6 Å². The molecule has 0 N–H and O–H groups in total. The third-order valence-corrected chi connectivity index (χ3v) is 5.93. The van der Waals surface area contributed by atoms with Gasteiger partial charge in [-0.05, 0) is 62.2 Å². The Kier molecular flexibility index (Phi) is 7.11. The fraction of sp³-hybridized carbons (Fsp3) is 0.296. The van der Waals surface area contributed by atoms with E-state index in [1.54, 1.807) is 4.90 Å². The van der Waals surface area contributed by atoms with Crippen LogP contribution >= 0.6 is 0 Å². The minimum Gasteiger partial charge on any atom is -0.619 e. The van der Waals surface area contributed by atoms with Crippen molar-refractivity contribution in [2.45, 2.75) is 33.7 Å². The van der Waals surface area contributed by atoms with E-state index in [4.69, 9.17) is 9.72 Å². The maximum atomic E-state index is 12.9. The Balaban J connectivity index is 1.73. The van der Waals surface area contributed by atoms with Crippen LogP contribution in [0.1, 0.15) is 48.1 Å². The molecular weight excluding hydrogens is 428 g/mol. The number of aromatic nitrogens is 3. The summed E-state index contributed by atoms with van der Waals surface area (Å²) < 4.78 is 8.49. The number of carbonyl (C=O) groups is 1. The molecule has 4 rings (SSSR count). The van der Waals surface area contributed by atoms with E-state index in [1.807, 2.05) is 75.4 Å². The monoisotopic (exact) mass is 458 g/mol. The van der Waals surface area contributed by atoms with Gasteiger partial charge in [-0.15, -0.1) is 0 Å². The first kappa shape index (κ1) is 23.3. The van der Waals surface area contributed by atoms with E-state index < -0.39 is 0 Å². The first-order chi connectivity index (χ1) is 16.5. The van der Waals surface area contributed by atoms with Crippen molar-refractivity contribution in [2.75, 3.05) is 19.7 Å². The number of fused-ring (bicyclic) bond motifs is 1. The van der Waals surface area contributed by atoms with Gasteiger partial charge >= 0.3 is 0 Å². The van der Waals surface area contributed by atoms with Crippen molar-refractivity contribution in [3.05, 3.63) is 94.7 Å². The van der Waals surface area contributed by atoms with Gasteiger partial charge in [0, 0.05) is 43.8 Å². The first-order valence-electron chi connectivity index (χ1n) is 11.7. The van der Waals surface area contributed by atoms with Gasteiger partial charge < -0.3 is 19.4 Å². The van der Waals surface area contributed by atoms with Crippen molar-refractivity contribution < 1.29 is 14.3 Å². The lowest BCUT2D eigenvalue weighted by molar-refractivity contribution is -0.605. The zero-order chi connectivity index (χ0) is 24.1. The lowest BCUT2D eigenvalue weighted by Crippen LogP contribution is -2.30. The van der Waals surface area contributed by atoms with E-state index >= 15 is 0 Å². The highest BCUT2D eigenvalue weighted by Gasteiger charge is 2.17. The molecule has 0 atom stereocenters. The van der Waals surface area contributed by atoms with Crippen LogP contribution in [0.3, 0.4) is 0 Å². The van der Waals surface area contributed by atoms with E-state index in [9.17, 15) is 10.0 Å². The first-order valence-corrected chi connectivity index (χ1v) is 11.7. The van der Waals surface area contributed by atoms with Crippen molar-refractivity contribution in [1.82, 2.24) is 14.5 Å². The molecule has 7 heteroatoms. The summed E-state index contributed by atoms with van der Waals surface area (Å²) in [6, 6.07) is 17.4. The molecule has 0 spiro atoms. The fourth-order valence-electron chi connectivity index (χ4n) is 4.10. The Labute approximate surface area is 199 Å². The summed E-state index contributed by atoms with van der Waals surface area (Å²) in [5.41, 5.74) is 4.50. The van der Waals surface area contributed by atoms with Crippen LogP contribution in [0.15, 0.2) is 67.0 Å². The molecule has 4 aromatic rings. The molecule has 1 amide bonds. The van der Waals surface area contributed by atoms with Crippen molar-refractivity contribution in [2.24, 2.45) is 0 Å². The number of ether oxygens (including phenoxy) is 1. The number of amides is 1. The second kappa shape index (κ2) is 10.4. The van der Waals surface area contributed by atoms with Crippen LogP contribution in [-0.2, 0) is 13.0 Å². The van der Waals surface area contributed by atoms with E-state index in [1.165, 1.54) is 12.4 Å². The van der Waals surface area contributed by atoms with E-state index in [2.05, 4.69) is 4.57 Å². The van der Waals surface area contributed by atoms with Gasteiger partial charge in [0.2, 0.25) is 0 Å². The summed E-state index contributed by atoms with van der Waals surface area (Å²) in [6.45, 7) is 8.46. The molecular formula is C27H30N4O3. The second-order valence-corrected chi connectivity index (χ2v) is 8.12. The number of hydrogen-bond donors (Lipinski definition) is 0. The molecule has 0 saturated carbocycles. The lowest BCUT2D eigenvalue weighted by Gasteiger charge is -2.18. The number of benzene rings is 2. The Morgan fingerprint density at radius 3 is 2.35 bits per heavy atom. The predicted octanol–water partition coefficient (Wildman–Crippen LogP) is 4.19. The minimum absolute atomic E-state index is 0.0116. The Bertz CT molecular complexity index is 1260. The summed E-state index contributed by atoms with van der Waals surface area (Å²) in [6.07, 6.45) is 3.64. The minimum atomic E-state index is 0.0116. The van der Waals surface area contributed by atoms with Crippen LogP contribution in [-0.4, -0.2) is 40.1 Å². The maximum Gasteiger partial charge on any atom is 0.253 e. The molecule has 0 aliphatic carbocycles. The van der Waals surface area contributed by atoms with Gasteiger partial charge in [-0.25, -0.2) is 4.98 Å². The van der Waals surface area contributed by atoms with Crippen LogP contribution in [0, 0.1) is 5.21 Å². The van der Waals surface area contributed by atoms with Gasteiger partial charge in [-0.2, -0.15) is 4.73 Å². The number of hydrogen-bond acceptors (Lipinski definition) is 4. The van der Waals surface area contributed by atoms with Gasteiger partial charge in [-0.1, -0.05) is 12.1 Å². The Morgan fingerprint density at radius 2 is 1.71 bits per heavy atom. The molecule has 176 valence electrons. The number of pyridine rings is 1. The third kappa shape index (κ3) is 5.03. The molecule has 2 aromatic carbocycles. The highest BCUT2D eigenvalue weighted by molar-refractivity contribution is 5.97. The van der Waals surface area contributed by atoms with Crippen molar-refractivity contribution in [3.8, 4) is 5.75 Å². The third-order valence-electron chi connectivity index (χ3n) is 5.93. The van der Waals surface area contributed by atoms with Crippen molar-refractivity contribution >= 4 is 16.9 Å². The summed E-state index contributed by atoms with van der Waals surface area (Å²) in [4.78, 5) is 19.6. The summed E-state index contributed by atoms with van der Waals surface area (Å²) in [5, 5.41) is 11.5. The molecule has 0 fully saturated rings. The standard InChI is InChI=1S/C27H30N4O3/c1-4-29(5-2)27(32)22-9-12-25-24(18-22)28-26(17-20-7-10-23(11-8-20)34-6-3)31(25)19-21-13-15-30(33)16-14-21/h7-16,18H,4-6,17,19H2,1-3H3. The molecule has 0 saturated heterocycles. The van der Waals surface area contributed by atoms with E-state index in [0.717, 1.165) is 38.5 Å². The Hall–Kier alpha value is -3.87. The predicted molar refractivity (Wildman–Crippen MR) is 132 cm³/mol. The molecule has 0 radical (unpaired) electrons. The maximum absolute atomic E-state index is 12.9. The molecule has 0 bridgehead atoms. The molecule has 0 unspecified atom stereocenters. The quantitative estimate of drug-likeness (QED) is 0.278. The molecule has 2 heterocycles. The van der Waals surface area contributed by atoms with Gasteiger partial charge in [0.15, 0.2) is 12.4 Å². The van der Waals surface area contributed by atoms with Crippen molar-refractivity contribution in [1.29, 1.82) is 0 Å². The fourth-order valence-corrected chi connectivity index (χ4v) is 4.10. The zero-order valence-electron chi connectivity index (χ0n) is 19.9. The van der Waals surface area contributed by atoms with Gasteiger partial charge in [-0.3, -0.25) is 4.79 Å². The van der Waals surface area contributed by atoms with Gasteiger partial charge in [0.25, 0.3) is 5.91 Å². The highest BCUT2D eigenvalue weighted by Crippen LogP contribution is 2.23. The molecule has 34 heavy (non-hydrogen) atoms. The average molecular weight is 459 g/mol.